The average molecular weight is 420 g/mol. The second kappa shape index (κ2) is 7.28. The van der Waals surface area contributed by atoms with Crippen LogP contribution in [0, 0.1) is 0 Å². The third-order valence-corrected chi connectivity index (χ3v) is 4.55. The molecule has 1 N–H and O–H groups in total. The summed E-state index contributed by atoms with van der Waals surface area (Å²) in [4.78, 5) is 12.4. The lowest BCUT2D eigenvalue weighted by Gasteiger charge is -2.14. The lowest BCUT2D eigenvalue weighted by Crippen LogP contribution is -2.00. The lowest BCUT2D eigenvalue weighted by atomic mass is 10.1. The van der Waals surface area contributed by atoms with Crippen molar-refractivity contribution in [2.45, 2.75) is 6.43 Å². The molecule has 0 amide bonds. The van der Waals surface area contributed by atoms with Gasteiger partial charge in [0.05, 0.1) is 24.0 Å². The minimum absolute atomic E-state index is 0.144. The number of ether oxygens (including phenoxy) is 1. The zero-order chi connectivity index (χ0) is 20.7. The van der Waals surface area contributed by atoms with Gasteiger partial charge >= 0.3 is 0 Å². The molecule has 0 spiro atoms. The van der Waals surface area contributed by atoms with Gasteiger partial charge in [-0.1, -0.05) is 17.7 Å². The van der Waals surface area contributed by atoms with Gasteiger partial charge < -0.3 is 14.6 Å². The highest BCUT2D eigenvalue weighted by atomic mass is 35.5. The highest BCUT2D eigenvalue weighted by Gasteiger charge is 2.21. The fourth-order valence-electron chi connectivity index (χ4n) is 3.07. The monoisotopic (exact) mass is 419 g/mol. The molecule has 11 heteroatoms. The van der Waals surface area contributed by atoms with E-state index in [9.17, 15) is 8.78 Å². The topological polar surface area (TPSA) is 82.7 Å². The van der Waals surface area contributed by atoms with Crippen molar-refractivity contribution in [1.29, 1.82) is 0 Å². The zero-order valence-electron chi connectivity index (χ0n) is 15.7. The van der Waals surface area contributed by atoms with Gasteiger partial charge in [-0.25, -0.2) is 23.7 Å². The molecule has 0 aliphatic heterocycles. The van der Waals surface area contributed by atoms with E-state index in [1.807, 2.05) is 6.07 Å². The first-order valence-electron chi connectivity index (χ1n) is 8.50. The lowest BCUT2D eigenvalue weighted by molar-refractivity contribution is 0.137. The van der Waals surface area contributed by atoms with Crippen molar-refractivity contribution in [3.05, 3.63) is 41.6 Å². The summed E-state index contributed by atoms with van der Waals surface area (Å²) in [6.07, 6.45) is -1.16. The summed E-state index contributed by atoms with van der Waals surface area (Å²) in [6.45, 7) is 0. The highest BCUT2D eigenvalue weighted by molar-refractivity contribution is 6.30. The van der Waals surface area contributed by atoms with Crippen molar-refractivity contribution in [2.75, 3.05) is 12.4 Å². The number of methoxy groups -OCH3 is 1. The Kier molecular flexibility index (Phi) is 4.79. The Balaban J connectivity index is 1.84. The first kappa shape index (κ1) is 19.1. The van der Waals surface area contributed by atoms with E-state index in [2.05, 4.69) is 25.4 Å². The van der Waals surface area contributed by atoms with Crippen LogP contribution in [0.2, 0.25) is 5.15 Å². The van der Waals surface area contributed by atoms with E-state index in [1.165, 1.54) is 24.8 Å². The number of nitrogens with one attached hydrogen (secondary N) is 1. The maximum atomic E-state index is 13.3. The molecule has 0 radical (unpaired) electrons. The van der Waals surface area contributed by atoms with Crippen LogP contribution in [0.4, 0.5) is 20.2 Å². The number of imidazole rings is 1. The van der Waals surface area contributed by atoms with Crippen LogP contribution >= 0.6 is 11.6 Å². The number of aromatic nitrogens is 6. The quantitative estimate of drug-likeness (QED) is 0.490. The fraction of sp³-hybridized carbons (Fsp3) is 0.222. The standard InChI is InChI=1S/C18H16ClF2N7O/c1-27-8-22-16(26-27)9-5-4-6-10(14(9)29-3)23-11-7-12(19)24-17-13(11)25-18(15(20)21)28(17)2/h4-8,15H,1-3H3,(H,23,24). The van der Waals surface area contributed by atoms with Crippen LogP contribution in [-0.4, -0.2) is 36.4 Å². The smallest absolute Gasteiger partial charge is 0.295 e. The Bertz CT molecular complexity index is 1200. The maximum absolute atomic E-state index is 13.3. The number of benzene rings is 1. The van der Waals surface area contributed by atoms with Crippen LogP contribution in [0.25, 0.3) is 22.6 Å². The molecule has 1 aromatic carbocycles. The molecule has 8 nitrogen and oxygen atoms in total. The van der Waals surface area contributed by atoms with Gasteiger partial charge in [-0.3, -0.25) is 4.68 Å². The normalized spacial score (nSPS) is 11.4. The van der Waals surface area contributed by atoms with Crippen LogP contribution in [0.15, 0.2) is 30.6 Å². The van der Waals surface area contributed by atoms with Crippen LogP contribution in [-0.2, 0) is 14.1 Å². The molecule has 29 heavy (non-hydrogen) atoms. The Hall–Kier alpha value is -3.27. The minimum atomic E-state index is -2.74. The number of hydrogen-bond acceptors (Lipinski definition) is 6. The molecule has 0 atom stereocenters. The molecule has 4 aromatic rings. The Morgan fingerprint density at radius 3 is 2.62 bits per heavy atom. The van der Waals surface area contributed by atoms with Crippen LogP contribution < -0.4 is 10.1 Å². The summed E-state index contributed by atoms with van der Waals surface area (Å²) in [7, 11) is 4.76. The zero-order valence-corrected chi connectivity index (χ0v) is 16.4. The van der Waals surface area contributed by atoms with Gasteiger partial charge in [0.15, 0.2) is 23.0 Å². The van der Waals surface area contributed by atoms with E-state index in [0.29, 0.717) is 28.5 Å². The van der Waals surface area contributed by atoms with E-state index in [4.69, 9.17) is 16.3 Å². The molecule has 150 valence electrons. The number of nitrogens with zero attached hydrogens (tertiary/aromatic N) is 6. The number of fused-ring (bicyclic) bond motifs is 1. The summed E-state index contributed by atoms with van der Waals surface area (Å²) in [5, 5.41) is 7.62. The molecule has 0 fully saturated rings. The molecule has 3 aromatic heterocycles. The number of aryl methyl sites for hydroxylation is 2. The van der Waals surface area contributed by atoms with Crippen molar-refractivity contribution in [2.24, 2.45) is 14.1 Å². The predicted octanol–water partition coefficient (Wildman–Crippen LogP) is 4.11. The number of rotatable bonds is 5. The number of pyridine rings is 1. The number of anilines is 2. The molecule has 0 saturated heterocycles. The molecule has 0 aliphatic carbocycles. The summed E-state index contributed by atoms with van der Waals surface area (Å²) in [5.74, 6) is 0.588. The summed E-state index contributed by atoms with van der Waals surface area (Å²) < 4.78 is 35.0. The van der Waals surface area contributed by atoms with Gasteiger partial charge in [0, 0.05) is 20.2 Å². The number of para-hydroxylation sites is 1. The van der Waals surface area contributed by atoms with Gasteiger partial charge in [-0.15, -0.1) is 0 Å². The largest absolute Gasteiger partial charge is 0.494 e. The number of hydrogen-bond donors (Lipinski definition) is 1. The van der Waals surface area contributed by atoms with Gasteiger partial charge in [0.25, 0.3) is 6.43 Å². The van der Waals surface area contributed by atoms with Crippen LogP contribution in [0.3, 0.4) is 0 Å². The molecular formula is C18H16ClF2N7O. The first-order valence-corrected chi connectivity index (χ1v) is 8.88. The van der Waals surface area contributed by atoms with Crippen LogP contribution in [0.5, 0.6) is 5.75 Å². The Labute approximate surface area is 169 Å². The van der Waals surface area contributed by atoms with Gasteiger partial charge in [-0.05, 0) is 12.1 Å². The van der Waals surface area contributed by atoms with Crippen molar-refractivity contribution >= 4 is 34.1 Å². The molecule has 0 unspecified atom stereocenters. The van der Waals surface area contributed by atoms with E-state index < -0.39 is 12.2 Å². The maximum Gasteiger partial charge on any atom is 0.295 e. The van der Waals surface area contributed by atoms with Crippen molar-refractivity contribution in [3.8, 4) is 17.1 Å². The molecular weight excluding hydrogens is 404 g/mol. The van der Waals surface area contributed by atoms with Gasteiger partial charge in [0.1, 0.15) is 17.0 Å². The van der Waals surface area contributed by atoms with Crippen molar-refractivity contribution in [3.63, 3.8) is 0 Å². The summed E-state index contributed by atoms with van der Waals surface area (Å²) in [5.41, 5.74) is 2.19. The van der Waals surface area contributed by atoms with Crippen LogP contribution in [0.1, 0.15) is 12.2 Å². The summed E-state index contributed by atoms with van der Waals surface area (Å²) in [6, 6.07) is 6.93. The van der Waals surface area contributed by atoms with Crippen molar-refractivity contribution in [1.82, 2.24) is 29.3 Å². The Morgan fingerprint density at radius 2 is 1.97 bits per heavy atom. The third-order valence-electron chi connectivity index (χ3n) is 4.35. The second-order valence-electron chi connectivity index (χ2n) is 6.25. The molecule has 0 saturated carbocycles. The SMILES string of the molecule is COc1c(Nc2cc(Cl)nc3c2nc(C(F)F)n3C)cccc1-c1ncn(C)n1. The second-order valence-corrected chi connectivity index (χ2v) is 6.63. The minimum Gasteiger partial charge on any atom is -0.494 e. The van der Waals surface area contributed by atoms with E-state index in [-0.39, 0.29) is 16.3 Å². The van der Waals surface area contributed by atoms with E-state index in [1.54, 1.807) is 30.2 Å². The Morgan fingerprint density at radius 1 is 1.17 bits per heavy atom. The first-order chi connectivity index (χ1) is 13.9. The fourth-order valence-corrected chi connectivity index (χ4v) is 3.26. The van der Waals surface area contributed by atoms with Gasteiger partial charge in [0.2, 0.25) is 0 Å². The van der Waals surface area contributed by atoms with E-state index in [0.717, 1.165) is 0 Å². The molecule has 4 rings (SSSR count). The predicted molar refractivity (Wildman–Crippen MR) is 105 cm³/mol. The van der Waals surface area contributed by atoms with Crippen molar-refractivity contribution < 1.29 is 13.5 Å². The average Bonchev–Trinajstić information content (AvgIpc) is 3.25. The van der Waals surface area contributed by atoms with Gasteiger partial charge in [-0.2, -0.15) is 5.10 Å². The molecule has 0 aliphatic rings. The highest BCUT2D eigenvalue weighted by Crippen LogP contribution is 2.38. The number of halogens is 3. The summed E-state index contributed by atoms with van der Waals surface area (Å²) >= 11 is 6.12. The third kappa shape index (κ3) is 3.35. The molecule has 3 heterocycles. The molecule has 0 bridgehead atoms. The number of alkyl halides is 2. The van der Waals surface area contributed by atoms with E-state index >= 15 is 0 Å².